The van der Waals surface area contributed by atoms with E-state index < -0.39 is 5.97 Å². The van der Waals surface area contributed by atoms with Crippen LogP contribution in [-0.2, 0) is 12.8 Å². The van der Waals surface area contributed by atoms with Crippen LogP contribution in [0.15, 0.2) is 59.1 Å². The minimum atomic E-state index is -0.907. The van der Waals surface area contributed by atoms with Crippen LogP contribution in [0, 0.1) is 0 Å². The number of rotatable bonds is 5. The van der Waals surface area contributed by atoms with Crippen molar-refractivity contribution >= 4 is 33.2 Å². The van der Waals surface area contributed by atoms with E-state index in [0.717, 1.165) is 20.6 Å². The van der Waals surface area contributed by atoms with Crippen LogP contribution in [0.1, 0.15) is 31.5 Å². The molecule has 23 heavy (non-hydrogen) atoms. The molecule has 2 aromatic carbocycles. The molecule has 0 spiro atoms. The zero-order chi connectivity index (χ0) is 16.2. The minimum Gasteiger partial charge on any atom is -0.477 e. The van der Waals surface area contributed by atoms with Gasteiger partial charge in [-0.15, -0.1) is 11.3 Å². The smallest absolute Gasteiger partial charge is 0.347 e. The predicted molar refractivity (Wildman–Crippen MR) is 95.3 cm³/mol. The monoisotopic (exact) mass is 387 g/mol. The van der Waals surface area contributed by atoms with Crippen molar-refractivity contribution in [3.8, 4) is 0 Å². The van der Waals surface area contributed by atoms with Gasteiger partial charge < -0.3 is 5.11 Å². The first kappa shape index (κ1) is 15.9. The number of aromatic nitrogens is 1. The van der Waals surface area contributed by atoms with E-state index in [-0.39, 0.29) is 0 Å². The molecule has 0 aliphatic heterocycles. The number of benzene rings is 2. The molecule has 0 aliphatic rings. The van der Waals surface area contributed by atoms with E-state index in [2.05, 4.69) is 20.9 Å². The molecule has 3 aromatic rings. The minimum absolute atomic E-state index is 0.334. The highest BCUT2D eigenvalue weighted by atomic mass is 79.9. The van der Waals surface area contributed by atoms with E-state index in [0.29, 0.717) is 23.4 Å². The van der Waals surface area contributed by atoms with Gasteiger partial charge in [0.1, 0.15) is 4.88 Å². The van der Waals surface area contributed by atoms with Gasteiger partial charge in [-0.2, -0.15) is 0 Å². The van der Waals surface area contributed by atoms with Crippen LogP contribution >= 0.6 is 27.3 Å². The van der Waals surface area contributed by atoms with Gasteiger partial charge in [-0.3, -0.25) is 0 Å². The van der Waals surface area contributed by atoms with E-state index in [4.69, 9.17) is 0 Å². The van der Waals surface area contributed by atoms with Crippen LogP contribution in [0.5, 0.6) is 0 Å². The van der Waals surface area contributed by atoms with Crippen LogP contribution in [0.2, 0.25) is 0 Å². The third-order valence-electron chi connectivity index (χ3n) is 3.42. The Morgan fingerprint density at radius 1 is 1.00 bits per heavy atom. The summed E-state index contributed by atoms with van der Waals surface area (Å²) in [6, 6.07) is 17.8. The Labute approximate surface area is 146 Å². The Morgan fingerprint density at radius 3 is 2.30 bits per heavy atom. The summed E-state index contributed by atoms with van der Waals surface area (Å²) in [5.74, 6) is -0.907. The lowest BCUT2D eigenvalue weighted by Gasteiger charge is -1.99. The van der Waals surface area contributed by atoms with Gasteiger partial charge in [0, 0.05) is 17.3 Å². The van der Waals surface area contributed by atoms with Crippen LogP contribution in [0.4, 0.5) is 0 Å². The van der Waals surface area contributed by atoms with Crippen LogP contribution < -0.4 is 0 Å². The Bertz CT molecular complexity index is 813. The number of carboxylic acids is 1. The fraction of sp³-hybridized carbons (Fsp3) is 0.111. The van der Waals surface area contributed by atoms with Crippen molar-refractivity contribution in [1.29, 1.82) is 0 Å². The van der Waals surface area contributed by atoms with Crippen LogP contribution in [-0.4, -0.2) is 16.1 Å². The molecular weight excluding hydrogens is 374 g/mol. The summed E-state index contributed by atoms with van der Waals surface area (Å²) in [6.45, 7) is 0. The first-order chi connectivity index (χ1) is 11.1. The number of carboxylic acid groups (broad SMARTS) is 1. The second kappa shape index (κ2) is 7.06. The zero-order valence-corrected chi connectivity index (χ0v) is 14.6. The molecule has 0 aliphatic carbocycles. The van der Waals surface area contributed by atoms with Crippen LogP contribution in [0.25, 0.3) is 0 Å². The van der Waals surface area contributed by atoms with Gasteiger partial charge in [0.05, 0.1) is 10.7 Å². The van der Waals surface area contributed by atoms with Crippen molar-refractivity contribution in [2.45, 2.75) is 12.8 Å². The number of aromatic carboxylic acids is 1. The molecule has 3 rings (SSSR count). The van der Waals surface area contributed by atoms with Crippen molar-refractivity contribution < 1.29 is 9.90 Å². The molecular formula is C18H14BrNO2S. The van der Waals surface area contributed by atoms with Gasteiger partial charge in [0.25, 0.3) is 0 Å². The Kier molecular flexibility index (Phi) is 4.88. The SMILES string of the molecule is O=C(O)c1sc(Cc2ccc(Br)cc2)nc1Cc1ccccc1. The molecule has 0 atom stereocenters. The highest BCUT2D eigenvalue weighted by Gasteiger charge is 2.17. The number of thiazole rings is 1. The normalized spacial score (nSPS) is 10.7. The molecule has 0 unspecified atom stereocenters. The average molecular weight is 388 g/mol. The lowest BCUT2D eigenvalue weighted by Crippen LogP contribution is -1.99. The van der Waals surface area contributed by atoms with Gasteiger partial charge in [0.15, 0.2) is 0 Å². The van der Waals surface area contributed by atoms with Gasteiger partial charge in [0.2, 0.25) is 0 Å². The van der Waals surface area contributed by atoms with Crippen molar-refractivity contribution in [2.75, 3.05) is 0 Å². The number of carbonyl (C=O) groups is 1. The summed E-state index contributed by atoms with van der Waals surface area (Å²) in [7, 11) is 0. The van der Waals surface area contributed by atoms with E-state index >= 15 is 0 Å². The molecule has 0 fully saturated rings. The zero-order valence-electron chi connectivity index (χ0n) is 12.2. The largest absolute Gasteiger partial charge is 0.477 e. The van der Waals surface area contributed by atoms with E-state index in [1.807, 2.05) is 54.6 Å². The predicted octanol–water partition coefficient (Wildman–Crippen LogP) is 4.79. The van der Waals surface area contributed by atoms with Crippen LogP contribution in [0.3, 0.4) is 0 Å². The standard InChI is InChI=1S/C18H14BrNO2S/c19-14-8-6-13(7-9-14)11-16-20-15(17(23-16)18(21)22)10-12-4-2-1-3-5-12/h1-9H,10-11H2,(H,21,22). The number of nitrogens with zero attached hydrogens (tertiary/aromatic N) is 1. The molecule has 3 nitrogen and oxygen atoms in total. The highest BCUT2D eigenvalue weighted by Crippen LogP contribution is 2.24. The van der Waals surface area contributed by atoms with E-state index in [1.165, 1.54) is 11.3 Å². The third-order valence-corrected chi connectivity index (χ3v) is 5.03. The molecule has 0 amide bonds. The summed E-state index contributed by atoms with van der Waals surface area (Å²) in [5, 5.41) is 10.3. The number of hydrogen-bond donors (Lipinski definition) is 1. The summed E-state index contributed by atoms with van der Waals surface area (Å²) in [4.78, 5) is 16.4. The van der Waals surface area contributed by atoms with E-state index in [9.17, 15) is 9.90 Å². The first-order valence-electron chi connectivity index (χ1n) is 7.12. The van der Waals surface area contributed by atoms with Crippen molar-refractivity contribution in [3.63, 3.8) is 0 Å². The topological polar surface area (TPSA) is 50.2 Å². The molecule has 116 valence electrons. The van der Waals surface area contributed by atoms with Gasteiger partial charge in [-0.25, -0.2) is 9.78 Å². The quantitative estimate of drug-likeness (QED) is 0.684. The number of halogens is 1. The van der Waals surface area contributed by atoms with Gasteiger partial charge >= 0.3 is 5.97 Å². The van der Waals surface area contributed by atoms with Gasteiger partial charge in [-0.1, -0.05) is 58.4 Å². The number of hydrogen-bond acceptors (Lipinski definition) is 3. The molecule has 0 radical (unpaired) electrons. The Balaban J connectivity index is 1.86. The fourth-order valence-corrected chi connectivity index (χ4v) is 3.55. The average Bonchev–Trinajstić information content (AvgIpc) is 2.93. The maximum atomic E-state index is 11.5. The lowest BCUT2D eigenvalue weighted by molar-refractivity contribution is 0.0701. The first-order valence-corrected chi connectivity index (χ1v) is 8.73. The third kappa shape index (κ3) is 4.06. The van der Waals surface area contributed by atoms with Crippen molar-refractivity contribution in [3.05, 3.63) is 85.8 Å². The van der Waals surface area contributed by atoms with Crippen molar-refractivity contribution in [1.82, 2.24) is 4.98 Å². The molecule has 0 saturated carbocycles. The maximum Gasteiger partial charge on any atom is 0.347 e. The van der Waals surface area contributed by atoms with Gasteiger partial charge in [-0.05, 0) is 23.3 Å². The molecule has 5 heteroatoms. The second-order valence-electron chi connectivity index (χ2n) is 5.15. The Morgan fingerprint density at radius 2 is 1.65 bits per heavy atom. The summed E-state index contributed by atoms with van der Waals surface area (Å²) >= 11 is 4.68. The van der Waals surface area contributed by atoms with E-state index in [1.54, 1.807) is 0 Å². The summed E-state index contributed by atoms with van der Waals surface area (Å²) in [6.07, 6.45) is 1.19. The summed E-state index contributed by atoms with van der Waals surface area (Å²) in [5.41, 5.74) is 2.82. The molecule has 0 bridgehead atoms. The molecule has 1 N–H and O–H groups in total. The van der Waals surface area contributed by atoms with Crippen molar-refractivity contribution in [2.24, 2.45) is 0 Å². The highest BCUT2D eigenvalue weighted by molar-refractivity contribution is 9.10. The Hall–Kier alpha value is -1.98. The fourth-order valence-electron chi connectivity index (χ4n) is 2.33. The maximum absolute atomic E-state index is 11.5. The molecule has 1 aromatic heterocycles. The molecule has 0 saturated heterocycles. The second-order valence-corrected chi connectivity index (χ2v) is 7.15. The molecule has 1 heterocycles. The lowest BCUT2D eigenvalue weighted by atomic mass is 10.1. The summed E-state index contributed by atoms with van der Waals surface area (Å²) < 4.78 is 1.02.